The van der Waals surface area contributed by atoms with E-state index in [9.17, 15) is 28.8 Å². The number of ether oxygens (including phenoxy) is 4. The molecule has 0 fully saturated rings. The molecule has 38 heavy (non-hydrogen) atoms. The van der Waals surface area contributed by atoms with E-state index in [4.69, 9.17) is 9.47 Å². The number of fused-ring (bicyclic) bond motifs is 3. The molecule has 0 N–H and O–H groups in total. The maximum absolute atomic E-state index is 12.8. The monoisotopic (exact) mass is 508 g/mol. The number of benzene rings is 4. The van der Waals surface area contributed by atoms with E-state index in [2.05, 4.69) is 9.47 Å². The summed E-state index contributed by atoms with van der Waals surface area (Å²) in [5.41, 5.74) is 0.138. The van der Waals surface area contributed by atoms with Crippen molar-refractivity contribution in [3.05, 3.63) is 106 Å². The Hall–Kier alpha value is -5.64. The summed E-state index contributed by atoms with van der Waals surface area (Å²) in [5, 5.41) is 0.898. The molecule has 2 aliphatic heterocycles. The van der Waals surface area contributed by atoms with Crippen molar-refractivity contribution >= 4 is 46.6 Å². The average molecular weight is 508 g/mol. The minimum atomic E-state index is -0.844. The Morgan fingerprint density at radius 1 is 0.500 bits per heavy atom. The second-order valence-corrected chi connectivity index (χ2v) is 8.26. The highest BCUT2D eigenvalue weighted by Gasteiger charge is 2.32. The molecule has 2 aliphatic rings. The normalized spacial score (nSPS) is 13.6. The molecule has 0 saturated heterocycles. The van der Waals surface area contributed by atoms with Crippen LogP contribution >= 0.6 is 0 Å². The van der Waals surface area contributed by atoms with E-state index in [1.54, 1.807) is 24.3 Å². The van der Waals surface area contributed by atoms with Crippen LogP contribution in [0.2, 0.25) is 0 Å². The molecule has 10 heteroatoms. The Morgan fingerprint density at radius 2 is 0.895 bits per heavy atom. The lowest BCUT2D eigenvalue weighted by atomic mass is 10.1. The van der Waals surface area contributed by atoms with Gasteiger partial charge in [-0.3, -0.25) is 0 Å². The molecule has 0 aromatic heterocycles. The third-order valence-corrected chi connectivity index (χ3v) is 6.01. The standard InChI is InChI=1S/C28H12O10/c29-23(13-5-7-17-19(11-13)27(33)37-25(17)31)35-21-9-10-22(16-4-2-1-3-15(16)21)36-24(30)14-6-8-18-20(12-14)28(34)38-26(18)32/h1-12H. The topological polar surface area (TPSA) is 139 Å². The van der Waals surface area contributed by atoms with E-state index in [-0.39, 0.29) is 44.9 Å². The van der Waals surface area contributed by atoms with Crippen LogP contribution in [0.15, 0.2) is 72.8 Å². The van der Waals surface area contributed by atoms with Crippen molar-refractivity contribution < 1.29 is 47.7 Å². The number of hydrogen-bond acceptors (Lipinski definition) is 10. The highest BCUT2D eigenvalue weighted by atomic mass is 16.6. The zero-order valence-electron chi connectivity index (χ0n) is 19.0. The molecular formula is C28H12O10. The first-order valence-corrected chi connectivity index (χ1v) is 11.1. The van der Waals surface area contributed by atoms with E-state index in [1.165, 1.54) is 48.5 Å². The van der Waals surface area contributed by atoms with E-state index in [0.29, 0.717) is 10.8 Å². The smallest absolute Gasteiger partial charge is 0.346 e. The van der Waals surface area contributed by atoms with Gasteiger partial charge in [-0.2, -0.15) is 0 Å². The van der Waals surface area contributed by atoms with Crippen LogP contribution in [-0.2, 0) is 9.47 Å². The lowest BCUT2D eigenvalue weighted by molar-refractivity contribution is 0.0425. The van der Waals surface area contributed by atoms with Crippen LogP contribution in [-0.4, -0.2) is 35.8 Å². The summed E-state index contributed by atoms with van der Waals surface area (Å²) in [7, 11) is 0. The number of hydrogen-bond donors (Lipinski definition) is 0. The van der Waals surface area contributed by atoms with Gasteiger partial charge in [0.15, 0.2) is 0 Å². The first-order valence-electron chi connectivity index (χ1n) is 11.1. The van der Waals surface area contributed by atoms with Gasteiger partial charge in [0.25, 0.3) is 0 Å². The molecule has 0 radical (unpaired) electrons. The molecule has 0 unspecified atom stereocenters. The van der Waals surface area contributed by atoms with Crippen molar-refractivity contribution in [2.24, 2.45) is 0 Å². The summed E-state index contributed by atoms with van der Waals surface area (Å²) in [6.45, 7) is 0. The van der Waals surface area contributed by atoms with Gasteiger partial charge in [0.1, 0.15) is 11.5 Å². The van der Waals surface area contributed by atoms with E-state index < -0.39 is 35.8 Å². The zero-order chi connectivity index (χ0) is 26.6. The second kappa shape index (κ2) is 8.49. The Balaban J connectivity index is 1.28. The molecule has 0 saturated carbocycles. The van der Waals surface area contributed by atoms with Crippen LogP contribution in [0.4, 0.5) is 0 Å². The Morgan fingerprint density at radius 3 is 1.32 bits per heavy atom. The highest BCUT2D eigenvalue weighted by molar-refractivity contribution is 6.16. The minimum absolute atomic E-state index is 0.0271. The minimum Gasteiger partial charge on any atom is -0.422 e. The number of esters is 6. The molecule has 0 atom stereocenters. The SMILES string of the molecule is O=C(Oc1ccc(OC(=O)c2ccc3c(c2)C(=O)OC3=O)c2ccccc12)c1ccc2c(c1)C(=O)OC2=O. The summed E-state index contributed by atoms with van der Waals surface area (Å²) >= 11 is 0. The number of rotatable bonds is 4. The van der Waals surface area contributed by atoms with Crippen LogP contribution in [0.3, 0.4) is 0 Å². The van der Waals surface area contributed by atoms with Crippen molar-refractivity contribution in [1.29, 1.82) is 0 Å². The number of carbonyl (C=O) groups excluding carboxylic acids is 6. The van der Waals surface area contributed by atoms with Crippen molar-refractivity contribution in [1.82, 2.24) is 0 Å². The fourth-order valence-corrected chi connectivity index (χ4v) is 4.16. The number of carbonyl (C=O) groups is 6. The van der Waals surface area contributed by atoms with Gasteiger partial charge in [-0.15, -0.1) is 0 Å². The molecule has 0 amide bonds. The van der Waals surface area contributed by atoms with Gasteiger partial charge in [-0.1, -0.05) is 24.3 Å². The van der Waals surface area contributed by atoms with Gasteiger partial charge in [0.2, 0.25) is 0 Å². The average Bonchev–Trinajstić information content (AvgIpc) is 3.38. The van der Waals surface area contributed by atoms with Crippen molar-refractivity contribution in [3.8, 4) is 11.5 Å². The first kappa shape index (κ1) is 22.8. The lowest BCUT2D eigenvalue weighted by Crippen LogP contribution is -2.11. The van der Waals surface area contributed by atoms with Crippen molar-refractivity contribution in [2.45, 2.75) is 0 Å². The van der Waals surface area contributed by atoms with E-state index in [0.717, 1.165) is 0 Å². The van der Waals surface area contributed by atoms with Crippen LogP contribution < -0.4 is 9.47 Å². The molecule has 6 rings (SSSR count). The summed E-state index contributed by atoms with van der Waals surface area (Å²) in [5.74, 6) is -4.51. The third-order valence-electron chi connectivity index (χ3n) is 6.01. The Kier molecular flexibility index (Phi) is 5.09. The fraction of sp³-hybridized carbons (Fsp3) is 0. The first-order chi connectivity index (χ1) is 18.3. The zero-order valence-corrected chi connectivity index (χ0v) is 19.0. The van der Waals surface area contributed by atoms with Gasteiger partial charge >= 0.3 is 35.8 Å². The van der Waals surface area contributed by atoms with Gasteiger partial charge < -0.3 is 18.9 Å². The van der Waals surface area contributed by atoms with E-state index in [1.807, 2.05) is 0 Å². The Labute approximate surface area is 212 Å². The molecule has 4 aromatic carbocycles. The van der Waals surface area contributed by atoms with Gasteiger partial charge in [-0.05, 0) is 48.5 Å². The second-order valence-electron chi connectivity index (χ2n) is 8.26. The van der Waals surface area contributed by atoms with Crippen LogP contribution in [0.5, 0.6) is 11.5 Å². The van der Waals surface area contributed by atoms with Gasteiger partial charge in [0.05, 0.1) is 33.4 Å². The van der Waals surface area contributed by atoms with Crippen LogP contribution in [0.25, 0.3) is 10.8 Å². The van der Waals surface area contributed by atoms with Gasteiger partial charge in [0, 0.05) is 10.8 Å². The molecule has 0 bridgehead atoms. The molecule has 184 valence electrons. The molecular weight excluding hydrogens is 496 g/mol. The van der Waals surface area contributed by atoms with Crippen molar-refractivity contribution in [2.75, 3.05) is 0 Å². The molecule has 2 heterocycles. The largest absolute Gasteiger partial charge is 0.422 e. The predicted molar refractivity (Wildman–Crippen MR) is 126 cm³/mol. The molecule has 0 spiro atoms. The van der Waals surface area contributed by atoms with Gasteiger partial charge in [-0.25, -0.2) is 28.8 Å². The quantitative estimate of drug-likeness (QED) is 0.226. The molecule has 10 nitrogen and oxygen atoms in total. The summed E-state index contributed by atoms with van der Waals surface area (Å²) < 4.78 is 20.2. The summed E-state index contributed by atoms with van der Waals surface area (Å²) in [6.07, 6.45) is 0. The lowest BCUT2D eigenvalue weighted by Gasteiger charge is -2.12. The summed E-state index contributed by atoms with van der Waals surface area (Å²) in [4.78, 5) is 72.6. The molecule has 4 aromatic rings. The maximum atomic E-state index is 12.8. The third kappa shape index (κ3) is 3.68. The molecule has 0 aliphatic carbocycles. The Bertz CT molecular complexity index is 1650. The van der Waals surface area contributed by atoms with Crippen molar-refractivity contribution in [3.63, 3.8) is 0 Å². The summed E-state index contributed by atoms with van der Waals surface area (Å²) in [6, 6.07) is 17.4. The number of cyclic esters (lactones) is 4. The predicted octanol–water partition coefficient (Wildman–Crippen LogP) is 3.90. The fourth-order valence-electron chi connectivity index (χ4n) is 4.16. The van der Waals surface area contributed by atoms with Crippen LogP contribution in [0.1, 0.15) is 62.1 Å². The highest BCUT2D eigenvalue weighted by Crippen LogP contribution is 2.34. The van der Waals surface area contributed by atoms with E-state index >= 15 is 0 Å². The van der Waals surface area contributed by atoms with Crippen LogP contribution in [0, 0.1) is 0 Å². The maximum Gasteiger partial charge on any atom is 0.346 e.